The van der Waals surface area contributed by atoms with E-state index >= 15 is 0 Å². The number of hydrogen-bond donors (Lipinski definition) is 2. The summed E-state index contributed by atoms with van der Waals surface area (Å²) < 4.78 is 11.1. The van der Waals surface area contributed by atoms with Crippen LogP contribution in [0.4, 0.5) is 4.79 Å². The number of rotatable bonds is 5. The summed E-state index contributed by atoms with van der Waals surface area (Å²) in [5, 5.41) is 12.1. The normalized spacial score (nSPS) is 27.0. The minimum Gasteiger partial charge on any atom is -0.480 e. The van der Waals surface area contributed by atoms with Crippen molar-refractivity contribution in [3.05, 3.63) is 35.9 Å². The van der Waals surface area contributed by atoms with Gasteiger partial charge in [-0.05, 0) is 36.5 Å². The van der Waals surface area contributed by atoms with Gasteiger partial charge in [0, 0.05) is 12.4 Å². The number of carboxylic acid groups (broad SMARTS) is 1. The van der Waals surface area contributed by atoms with E-state index in [0.717, 1.165) is 23.5 Å². The van der Waals surface area contributed by atoms with E-state index < -0.39 is 18.1 Å². The first-order valence-corrected chi connectivity index (χ1v) is 9.65. The predicted molar refractivity (Wildman–Crippen MR) is 94.5 cm³/mol. The monoisotopic (exact) mass is 365 g/mol. The molecular formula is C18H23NO5S. The molecule has 1 aromatic rings. The van der Waals surface area contributed by atoms with Crippen LogP contribution in [0, 0.1) is 5.92 Å². The first-order valence-electron chi connectivity index (χ1n) is 8.50. The van der Waals surface area contributed by atoms with Gasteiger partial charge >= 0.3 is 12.1 Å². The van der Waals surface area contributed by atoms with Crippen molar-refractivity contribution in [1.82, 2.24) is 5.32 Å². The SMILES string of the molecule is O=C(NC(C(=O)O)C1CCOC2(CCSC2)C1)OCc1ccccc1. The molecule has 0 radical (unpaired) electrons. The third-order valence-electron chi connectivity index (χ3n) is 4.82. The van der Waals surface area contributed by atoms with Crippen LogP contribution in [0.25, 0.3) is 0 Å². The van der Waals surface area contributed by atoms with Gasteiger partial charge in [-0.3, -0.25) is 0 Å². The Bertz CT molecular complexity index is 603. The van der Waals surface area contributed by atoms with Crippen molar-refractivity contribution >= 4 is 23.8 Å². The summed E-state index contributed by atoms with van der Waals surface area (Å²) in [7, 11) is 0. The average Bonchev–Trinajstić information content (AvgIpc) is 3.06. The number of amides is 1. The fourth-order valence-corrected chi connectivity index (χ4v) is 4.86. The first-order chi connectivity index (χ1) is 12.1. The second-order valence-corrected chi connectivity index (χ2v) is 7.71. The minimum atomic E-state index is -1.02. The van der Waals surface area contributed by atoms with Crippen LogP contribution in [-0.4, -0.2) is 46.9 Å². The molecule has 2 heterocycles. The lowest BCUT2D eigenvalue weighted by molar-refractivity contribution is -0.144. The van der Waals surface area contributed by atoms with Crippen LogP contribution in [0.2, 0.25) is 0 Å². The van der Waals surface area contributed by atoms with Gasteiger partial charge in [0.15, 0.2) is 0 Å². The Morgan fingerprint density at radius 3 is 2.88 bits per heavy atom. The molecule has 2 saturated heterocycles. The van der Waals surface area contributed by atoms with Crippen molar-refractivity contribution in [2.75, 3.05) is 18.1 Å². The smallest absolute Gasteiger partial charge is 0.408 e. The van der Waals surface area contributed by atoms with Gasteiger partial charge in [0.2, 0.25) is 0 Å². The molecule has 3 rings (SSSR count). The highest BCUT2D eigenvalue weighted by atomic mass is 32.2. The molecule has 1 spiro atoms. The van der Waals surface area contributed by atoms with E-state index in [1.54, 1.807) is 0 Å². The highest BCUT2D eigenvalue weighted by molar-refractivity contribution is 7.99. The summed E-state index contributed by atoms with van der Waals surface area (Å²) in [6.07, 6.45) is 1.54. The number of alkyl carbamates (subject to hydrolysis) is 1. The number of benzene rings is 1. The maximum atomic E-state index is 12.1. The third-order valence-corrected chi connectivity index (χ3v) is 6.04. The Morgan fingerprint density at radius 2 is 2.20 bits per heavy atom. The van der Waals surface area contributed by atoms with Gasteiger partial charge in [-0.25, -0.2) is 9.59 Å². The second kappa shape index (κ2) is 8.10. The van der Waals surface area contributed by atoms with Crippen LogP contribution in [0.5, 0.6) is 0 Å². The van der Waals surface area contributed by atoms with Gasteiger partial charge < -0.3 is 19.9 Å². The molecule has 2 aliphatic heterocycles. The Balaban J connectivity index is 1.57. The van der Waals surface area contributed by atoms with Crippen molar-refractivity contribution in [1.29, 1.82) is 0 Å². The molecule has 2 aliphatic rings. The third kappa shape index (κ3) is 4.67. The molecular weight excluding hydrogens is 342 g/mol. The van der Waals surface area contributed by atoms with Gasteiger partial charge in [0.25, 0.3) is 0 Å². The number of carboxylic acids is 1. The van der Waals surface area contributed by atoms with E-state index in [2.05, 4.69) is 5.32 Å². The predicted octanol–water partition coefficient (Wildman–Crippen LogP) is 2.67. The highest BCUT2D eigenvalue weighted by Crippen LogP contribution is 2.41. The minimum absolute atomic E-state index is 0.118. The fraction of sp³-hybridized carbons (Fsp3) is 0.556. The summed E-state index contributed by atoms with van der Waals surface area (Å²) in [4.78, 5) is 23.8. The molecule has 7 heteroatoms. The lowest BCUT2D eigenvalue weighted by atomic mass is 9.81. The standard InChI is InChI=1S/C18H23NO5S/c20-16(21)15(14-6-8-24-18(10-14)7-9-25-12-18)19-17(22)23-11-13-4-2-1-3-5-13/h1-5,14-15H,6-12H2,(H,19,22)(H,20,21). The first kappa shape index (κ1) is 18.1. The van der Waals surface area contributed by atoms with Crippen LogP contribution >= 0.6 is 11.8 Å². The molecule has 136 valence electrons. The summed E-state index contributed by atoms with van der Waals surface area (Å²) in [5.74, 6) is 0.768. The average molecular weight is 365 g/mol. The maximum Gasteiger partial charge on any atom is 0.408 e. The van der Waals surface area contributed by atoms with Crippen LogP contribution in [-0.2, 0) is 20.9 Å². The lowest BCUT2D eigenvalue weighted by Crippen LogP contribution is -2.51. The summed E-state index contributed by atoms with van der Waals surface area (Å²) in [6.45, 7) is 0.656. The lowest BCUT2D eigenvalue weighted by Gasteiger charge is -2.39. The van der Waals surface area contributed by atoms with E-state index in [9.17, 15) is 14.7 Å². The van der Waals surface area contributed by atoms with Crippen LogP contribution in [0.1, 0.15) is 24.8 Å². The summed E-state index contributed by atoms with van der Waals surface area (Å²) in [6, 6.07) is 8.35. The molecule has 0 saturated carbocycles. The molecule has 6 nitrogen and oxygen atoms in total. The number of hydrogen-bond acceptors (Lipinski definition) is 5. The molecule has 0 aliphatic carbocycles. The topological polar surface area (TPSA) is 84.9 Å². The van der Waals surface area contributed by atoms with Gasteiger partial charge in [0.05, 0.1) is 5.60 Å². The van der Waals surface area contributed by atoms with E-state index in [1.165, 1.54) is 0 Å². The van der Waals surface area contributed by atoms with Crippen molar-refractivity contribution in [2.45, 2.75) is 37.5 Å². The van der Waals surface area contributed by atoms with Crippen LogP contribution in [0.3, 0.4) is 0 Å². The highest BCUT2D eigenvalue weighted by Gasteiger charge is 2.44. The number of ether oxygens (including phenoxy) is 2. The molecule has 2 N–H and O–H groups in total. The fourth-order valence-electron chi connectivity index (χ4n) is 3.49. The Hall–Kier alpha value is -1.73. The van der Waals surface area contributed by atoms with Gasteiger partial charge in [-0.15, -0.1) is 0 Å². The van der Waals surface area contributed by atoms with Crippen molar-refractivity contribution in [2.24, 2.45) is 5.92 Å². The Morgan fingerprint density at radius 1 is 1.40 bits per heavy atom. The molecule has 3 unspecified atom stereocenters. The number of nitrogens with one attached hydrogen (secondary N) is 1. The second-order valence-electron chi connectivity index (χ2n) is 6.61. The van der Waals surface area contributed by atoms with E-state index in [1.807, 2.05) is 42.1 Å². The quantitative estimate of drug-likeness (QED) is 0.834. The maximum absolute atomic E-state index is 12.1. The zero-order chi connectivity index (χ0) is 17.7. The zero-order valence-corrected chi connectivity index (χ0v) is 14.8. The molecule has 3 atom stereocenters. The van der Waals surface area contributed by atoms with Gasteiger partial charge in [0.1, 0.15) is 12.6 Å². The number of carbonyl (C=O) groups is 2. The van der Waals surface area contributed by atoms with E-state index in [-0.39, 0.29) is 18.1 Å². The van der Waals surface area contributed by atoms with Crippen molar-refractivity contribution < 1.29 is 24.2 Å². The zero-order valence-electron chi connectivity index (χ0n) is 14.0. The van der Waals surface area contributed by atoms with E-state index in [4.69, 9.17) is 9.47 Å². The molecule has 0 aromatic heterocycles. The molecule has 1 amide bonds. The molecule has 2 fully saturated rings. The van der Waals surface area contributed by atoms with Crippen molar-refractivity contribution in [3.8, 4) is 0 Å². The van der Waals surface area contributed by atoms with Gasteiger partial charge in [-0.1, -0.05) is 30.3 Å². The molecule has 0 bridgehead atoms. The number of thioether (sulfide) groups is 1. The Kier molecular flexibility index (Phi) is 5.86. The van der Waals surface area contributed by atoms with Crippen molar-refractivity contribution in [3.63, 3.8) is 0 Å². The summed E-state index contributed by atoms with van der Waals surface area (Å²) >= 11 is 1.84. The molecule has 25 heavy (non-hydrogen) atoms. The van der Waals surface area contributed by atoms with E-state index in [0.29, 0.717) is 19.4 Å². The number of carbonyl (C=O) groups excluding carboxylic acids is 1. The van der Waals surface area contributed by atoms with Crippen LogP contribution < -0.4 is 5.32 Å². The largest absolute Gasteiger partial charge is 0.480 e. The number of aliphatic carboxylic acids is 1. The molecule has 1 aromatic carbocycles. The van der Waals surface area contributed by atoms with Crippen LogP contribution in [0.15, 0.2) is 30.3 Å². The van der Waals surface area contributed by atoms with Gasteiger partial charge in [-0.2, -0.15) is 11.8 Å². The Labute approximate surface area is 151 Å². The summed E-state index contributed by atoms with van der Waals surface area (Å²) in [5.41, 5.74) is 0.634.